The molecule has 1 unspecified atom stereocenters. The number of amides is 2. The van der Waals surface area contributed by atoms with Crippen LogP contribution in [0.3, 0.4) is 0 Å². The molecule has 32 heavy (non-hydrogen) atoms. The van der Waals surface area contributed by atoms with Gasteiger partial charge in [-0.25, -0.2) is 9.36 Å². The minimum absolute atomic E-state index is 0.144. The Kier molecular flexibility index (Phi) is 5.22. The molecular formula is C21H21F3N4O4. The number of benzene rings is 1. The number of nitrogens with one attached hydrogen (secondary N) is 3. The molecule has 170 valence electrons. The van der Waals surface area contributed by atoms with Gasteiger partial charge in [0, 0.05) is 5.92 Å². The zero-order chi connectivity index (χ0) is 23.3. The molecule has 3 N–H and O–H groups in total. The molecule has 0 spiro atoms. The van der Waals surface area contributed by atoms with Crippen LogP contribution < -0.4 is 21.9 Å². The number of carbonyl (C=O) groups is 2. The first kappa shape index (κ1) is 21.8. The molecule has 0 radical (unpaired) electrons. The number of H-pyrrole nitrogens is 1. The molecule has 0 saturated heterocycles. The number of aromatic nitrogens is 2. The summed E-state index contributed by atoms with van der Waals surface area (Å²) in [7, 11) is 0. The lowest BCUT2D eigenvalue weighted by atomic mass is 9.86. The van der Waals surface area contributed by atoms with Crippen molar-refractivity contribution in [2.45, 2.75) is 50.7 Å². The Morgan fingerprint density at radius 2 is 1.72 bits per heavy atom. The summed E-state index contributed by atoms with van der Waals surface area (Å²) < 4.78 is 44.1. The molecule has 4 rings (SSSR count). The third-order valence-corrected chi connectivity index (χ3v) is 6.06. The topological polar surface area (TPSA) is 113 Å². The third-order valence-electron chi connectivity index (χ3n) is 6.06. The number of carbonyl (C=O) groups excluding carboxylic acids is 2. The van der Waals surface area contributed by atoms with Crippen LogP contribution in [-0.2, 0) is 15.1 Å². The number of alkyl halides is 3. The Labute approximate surface area is 179 Å². The van der Waals surface area contributed by atoms with Crippen LogP contribution in [0.15, 0.2) is 33.9 Å². The summed E-state index contributed by atoms with van der Waals surface area (Å²) in [6.45, 7) is 1.78. The molecule has 2 aliphatic rings. The Balaban J connectivity index is 1.92. The Morgan fingerprint density at radius 3 is 2.31 bits per heavy atom. The zero-order valence-electron chi connectivity index (χ0n) is 17.1. The molecule has 2 heterocycles. The molecule has 1 aromatic heterocycles. The summed E-state index contributed by atoms with van der Waals surface area (Å²) in [5.74, 6) is -3.89. The number of rotatable bonds is 3. The van der Waals surface area contributed by atoms with Gasteiger partial charge in [0.25, 0.3) is 11.5 Å². The number of aromatic amines is 1. The van der Waals surface area contributed by atoms with Crippen LogP contribution in [0.25, 0.3) is 5.69 Å². The summed E-state index contributed by atoms with van der Waals surface area (Å²) >= 11 is 0. The van der Waals surface area contributed by atoms with Crippen molar-refractivity contribution >= 4 is 17.6 Å². The predicted octanol–water partition coefficient (Wildman–Crippen LogP) is 2.24. The van der Waals surface area contributed by atoms with Crippen molar-refractivity contribution in [2.24, 2.45) is 5.92 Å². The van der Waals surface area contributed by atoms with Crippen LogP contribution in [0.4, 0.5) is 19.0 Å². The molecule has 0 bridgehead atoms. The summed E-state index contributed by atoms with van der Waals surface area (Å²) in [6.07, 6.45) is -2.29. The van der Waals surface area contributed by atoms with Gasteiger partial charge in [-0.1, -0.05) is 37.0 Å². The van der Waals surface area contributed by atoms with Crippen molar-refractivity contribution in [1.29, 1.82) is 0 Å². The molecule has 1 aliphatic heterocycles. The number of halogens is 3. The minimum Gasteiger partial charge on any atom is -0.330 e. The van der Waals surface area contributed by atoms with Crippen LogP contribution >= 0.6 is 0 Å². The number of aryl methyl sites for hydroxylation is 1. The summed E-state index contributed by atoms with van der Waals surface area (Å²) in [6, 6.07) is 6.18. The zero-order valence-corrected chi connectivity index (χ0v) is 17.1. The average Bonchev–Trinajstić information content (AvgIpc) is 3.03. The van der Waals surface area contributed by atoms with Gasteiger partial charge in [-0.15, -0.1) is 0 Å². The molecular weight excluding hydrogens is 429 g/mol. The van der Waals surface area contributed by atoms with E-state index >= 15 is 0 Å². The van der Waals surface area contributed by atoms with Crippen LogP contribution in [0.1, 0.15) is 43.2 Å². The van der Waals surface area contributed by atoms with Crippen molar-refractivity contribution in [3.05, 3.63) is 56.2 Å². The molecule has 1 aliphatic carbocycles. The van der Waals surface area contributed by atoms with E-state index in [-0.39, 0.29) is 5.69 Å². The van der Waals surface area contributed by atoms with Crippen molar-refractivity contribution in [3.63, 3.8) is 0 Å². The molecule has 11 heteroatoms. The van der Waals surface area contributed by atoms with Crippen molar-refractivity contribution < 1.29 is 22.8 Å². The van der Waals surface area contributed by atoms with E-state index in [1.54, 1.807) is 19.1 Å². The Hall–Kier alpha value is -3.37. The highest BCUT2D eigenvalue weighted by Gasteiger charge is 2.68. The van der Waals surface area contributed by atoms with Gasteiger partial charge in [0.05, 0.1) is 5.69 Å². The maximum Gasteiger partial charge on any atom is 0.425 e. The molecule has 1 saturated carbocycles. The summed E-state index contributed by atoms with van der Waals surface area (Å²) in [5.41, 5.74) is -6.10. The number of hydrogen-bond donors (Lipinski definition) is 3. The second-order valence-corrected chi connectivity index (χ2v) is 8.18. The van der Waals surface area contributed by atoms with Gasteiger partial charge in [-0.2, -0.15) is 13.2 Å². The standard InChI is InChI=1S/C21H21F3N4O4/c1-11-7-9-13(10-8-11)28-15-14(17(30)26-19(28)32)20(18(31)25-15,21(22,23)24)27-16(29)12-5-3-2-4-6-12/h7-10,12H,2-6H2,1H3,(H,25,31)(H,27,29)(H,26,30,32). The van der Waals surface area contributed by atoms with E-state index in [4.69, 9.17) is 0 Å². The molecule has 2 amide bonds. The summed E-state index contributed by atoms with van der Waals surface area (Å²) in [4.78, 5) is 52.6. The van der Waals surface area contributed by atoms with Crippen molar-refractivity contribution in [1.82, 2.24) is 14.9 Å². The van der Waals surface area contributed by atoms with Crippen LogP contribution in [0, 0.1) is 12.8 Å². The van der Waals surface area contributed by atoms with E-state index in [1.165, 1.54) is 12.1 Å². The molecule has 1 atom stereocenters. The molecule has 1 fully saturated rings. The van der Waals surface area contributed by atoms with Gasteiger partial charge in [0.15, 0.2) is 0 Å². The Bertz CT molecular complexity index is 1190. The van der Waals surface area contributed by atoms with Crippen molar-refractivity contribution in [2.75, 3.05) is 5.32 Å². The number of nitrogens with zero attached hydrogens (tertiary/aromatic N) is 1. The van der Waals surface area contributed by atoms with Gasteiger partial charge >= 0.3 is 11.9 Å². The maximum absolute atomic E-state index is 14.4. The average molecular weight is 450 g/mol. The quantitative estimate of drug-likeness (QED) is 0.666. The van der Waals surface area contributed by atoms with Gasteiger partial charge in [0.1, 0.15) is 11.4 Å². The monoisotopic (exact) mass is 450 g/mol. The Morgan fingerprint density at radius 1 is 1.09 bits per heavy atom. The number of hydrogen-bond acceptors (Lipinski definition) is 4. The highest BCUT2D eigenvalue weighted by atomic mass is 19.4. The van der Waals surface area contributed by atoms with Crippen LogP contribution in [0.5, 0.6) is 0 Å². The SMILES string of the molecule is Cc1ccc(-n2c3c(c(=O)[nH]c2=O)C(NC(=O)C2CCCCC2)(C(F)(F)F)C(=O)N3)cc1. The van der Waals surface area contributed by atoms with Crippen LogP contribution in [-0.4, -0.2) is 27.5 Å². The highest BCUT2D eigenvalue weighted by molar-refractivity contribution is 6.08. The van der Waals surface area contributed by atoms with E-state index < -0.39 is 52.1 Å². The highest BCUT2D eigenvalue weighted by Crippen LogP contribution is 2.45. The van der Waals surface area contributed by atoms with Gasteiger partial charge in [0.2, 0.25) is 11.4 Å². The van der Waals surface area contributed by atoms with Gasteiger partial charge in [-0.3, -0.25) is 19.4 Å². The second-order valence-electron chi connectivity index (χ2n) is 8.18. The largest absolute Gasteiger partial charge is 0.425 e. The fourth-order valence-corrected chi connectivity index (χ4v) is 4.37. The summed E-state index contributed by atoms with van der Waals surface area (Å²) in [5, 5.41) is 3.88. The van der Waals surface area contributed by atoms with Gasteiger partial charge in [-0.05, 0) is 31.9 Å². The van der Waals surface area contributed by atoms with E-state index in [0.717, 1.165) is 16.6 Å². The smallest absolute Gasteiger partial charge is 0.330 e. The predicted molar refractivity (Wildman–Crippen MR) is 108 cm³/mol. The van der Waals surface area contributed by atoms with Crippen LogP contribution in [0.2, 0.25) is 0 Å². The molecule has 2 aromatic rings. The number of anilines is 1. The lowest BCUT2D eigenvalue weighted by Crippen LogP contribution is -2.63. The van der Waals surface area contributed by atoms with Gasteiger partial charge < -0.3 is 10.6 Å². The first-order valence-corrected chi connectivity index (χ1v) is 10.2. The minimum atomic E-state index is -5.34. The fourth-order valence-electron chi connectivity index (χ4n) is 4.37. The lowest BCUT2D eigenvalue weighted by molar-refractivity contribution is -0.201. The van der Waals surface area contributed by atoms with E-state index in [1.807, 2.05) is 15.6 Å². The third kappa shape index (κ3) is 3.32. The maximum atomic E-state index is 14.4. The second kappa shape index (κ2) is 7.64. The first-order valence-electron chi connectivity index (χ1n) is 10.2. The first-order chi connectivity index (χ1) is 15.1. The lowest BCUT2D eigenvalue weighted by Gasteiger charge is -2.32. The molecule has 1 aromatic carbocycles. The van der Waals surface area contributed by atoms with E-state index in [2.05, 4.69) is 0 Å². The molecule has 8 nitrogen and oxygen atoms in total. The number of fused-ring (bicyclic) bond motifs is 1. The van der Waals surface area contributed by atoms with E-state index in [0.29, 0.717) is 25.7 Å². The fraction of sp³-hybridized carbons (Fsp3) is 0.429. The van der Waals surface area contributed by atoms with Crippen molar-refractivity contribution in [3.8, 4) is 5.69 Å². The normalized spacial score (nSPS) is 21.2. The van der Waals surface area contributed by atoms with E-state index in [9.17, 15) is 32.3 Å².